The van der Waals surface area contributed by atoms with Crippen LogP contribution in [-0.4, -0.2) is 78.2 Å². The van der Waals surface area contributed by atoms with Crippen molar-refractivity contribution in [2.24, 2.45) is 0 Å². The minimum Gasteiger partial charge on any atom is -0.438 e. The Hall–Kier alpha value is -4.51. The Kier molecular flexibility index (Phi) is 8.22. The number of nitrogens with one attached hydrogen (secondary N) is 1. The number of benzene rings is 2. The average Bonchev–Trinajstić information content (AvgIpc) is 3.03. The number of carbonyl (C=O) groups excluding carboxylic acids is 3. The van der Waals surface area contributed by atoms with E-state index in [-0.39, 0.29) is 12.3 Å². The van der Waals surface area contributed by atoms with E-state index in [0.29, 0.717) is 68.5 Å². The van der Waals surface area contributed by atoms with Gasteiger partial charge >= 0.3 is 12.2 Å². The summed E-state index contributed by atoms with van der Waals surface area (Å²) < 4.78 is 11.8. The van der Waals surface area contributed by atoms with Gasteiger partial charge in [-0.15, -0.1) is 0 Å². The van der Waals surface area contributed by atoms with Crippen molar-refractivity contribution in [1.82, 2.24) is 14.8 Å². The van der Waals surface area contributed by atoms with Gasteiger partial charge in [0.15, 0.2) is 6.10 Å². The van der Waals surface area contributed by atoms with Crippen LogP contribution < -0.4 is 16.0 Å². The number of fused-ring (bicyclic) bond motifs is 2. The van der Waals surface area contributed by atoms with E-state index in [2.05, 4.69) is 15.2 Å². The van der Waals surface area contributed by atoms with Crippen LogP contribution in [0.15, 0.2) is 60.9 Å². The van der Waals surface area contributed by atoms with Crippen molar-refractivity contribution in [1.29, 1.82) is 0 Å². The number of piperazine rings is 1. The highest BCUT2D eigenvalue weighted by atomic mass is 35.5. The summed E-state index contributed by atoms with van der Waals surface area (Å²) in [6.45, 7) is 4.72. The number of nitrogens with two attached hydrogens (primary N) is 1. The van der Waals surface area contributed by atoms with Crippen molar-refractivity contribution in [3.8, 4) is 0 Å². The van der Waals surface area contributed by atoms with Gasteiger partial charge in [-0.05, 0) is 42.3 Å². The molecule has 12 heteroatoms. The lowest BCUT2D eigenvalue weighted by molar-refractivity contribution is -0.141. The highest BCUT2D eigenvalue weighted by molar-refractivity contribution is 6.33. The molecule has 11 nitrogen and oxygen atoms in total. The molecule has 3 aliphatic heterocycles. The Bertz CT molecular complexity index is 1530. The number of pyridine rings is 1. The number of hydrogen-bond acceptors (Lipinski definition) is 8. The molecule has 3 aromatic rings. The van der Waals surface area contributed by atoms with E-state index in [0.717, 1.165) is 22.4 Å². The minimum atomic E-state index is -1.05. The fourth-order valence-electron chi connectivity index (χ4n) is 6.26. The molecule has 4 heterocycles. The van der Waals surface area contributed by atoms with Gasteiger partial charge in [0.25, 0.3) is 5.91 Å². The second kappa shape index (κ2) is 12.2. The molecule has 0 radical (unpaired) electrons. The van der Waals surface area contributed by atoms with Gasteiger partial charge in [-0.2, -0.15) is 0 Å². The molecule has 1 atom stereocenters. The van der Waals surface area contributed by atoms with Gasteiger partial charge in [-0.1, -0.05) is 35.9 Å². The second-order valence-corrected chi connectivity index (χ2v) is 11.9. The number of anilines is 3. The van der Waals surface area contributed by atoms with Crippen LogP contribution in [0.25, 0.3) is 0 Å². The SMILES string of the molecule is Cc1cc(C[C@@H](OC(=O)N2CCC3(CC2)OC(=O)Nc2ccccc23)C(=O)N2CCN(c3ccncc3)CC2)cc(Cl)c1N. The van der Waals surface area contributed by atoms with Crippen molar-refractivity contribution in [2.75, 3.05) is 55.2 Å². The van der Waals surface area contributed by atoms with Gasteiger partial charge in [0.05, 0.1) is 16.4 Å². The molecule has 230 valence electrons. The smallest absolute Gasteiger partial charge is 0.412 e. The lowest BCUT2D eigenvalue weighted by Crippen LogP contribution is -2.54. The maximum Gasteiger partial charge on any atom is 0.412 e. The van der Waals surface area contributed by atoms with E-state index < -0.39 is 23.9 Å². The van der Waals surface area contributed by atoms with Crippen molar-refractivity contribution in [3.63, 3.8) is 0 Å². The summed E-state index contributed by atoms with van der Waals surface area (Å²) in [5.41, 5.74) is 9.90. The summed E-state index contributed by atoms with van der Waals surface area (Å²) in [6, 6.07) is 15.0. The van der Waals surface area contributed by atoms with Gasteiger partial charge < -0.3 is 29.9 Å². The molecular weight excluding hydrogens is 584 g/mol. The zero-order valence-corrected chi connectivity index (χ0v) is 25.3. The number of carbonyl (C=O) groups is 3. The zero-order chi connectivity index (χ0) is 30.8. The van der Waals surface area contributed by atoms with Crippen LogP contribution in [0.5, 0.6) is 0 Å². The number of rotatable bonds is 5. The third-order valence-electron chi connectivity index (χ3n) is 8.73. The molecule has 1 spiro atoms. The molecule has 0 unspecified atom stereocenters. The Morgan fingerprint density at radius 2 is 1.75 bits per heavy atom. The number of likely N-dealkylation sites (tertiary alicyclic amines) is 1. The van der Waals surface area contributed by atoms with Gasteiger partial charge in [0.1, 0.15) is 5.60 Å². The first kappa shape index (κ1) is 29.6. The van der Waals surface area contributed by atoms with Crippen LogP contribution in [-0.2, 0) is 26.3 Å². The lowest BCUT2D eigenvalue weighted by atomic mass is 9.82. The van der Waals surface area contributed by atoms with Crippen molar-refractivity contribution in [3.05, 3.63) is 82.6 Å². The predicted octanol–water partition coefficient (Wildman–Crippen LogP) is 4.58. The molecule has 6 rings (SSSR count). The first-order chi connectivity index (χ1) is 21.2. The largest absolute Gasteiger partial charge is 0.438 e. The summed E-state index contributed by atoms with van der Waals surface area (Å²) in [7, 11) is 0. The highest BCUT2D eigenvalue weighted by Gasteiger charge is 2.45. The number of amides is 3. The number of ether oxygens (including phenoxy) is 2. The number of hydrogen-bond donors (Lipinski definition) is 2. The number of aromatic nitrogens is 1. The molecule has 0 aliphatic carbocycles. The fourth-order valence-corrected chi connectivity index (χ4v) is 6.55. The molecule has 3 N–H and O–H groups in total. The fraction of sp³-hybridized carbons (Fsp3) is 0.375. The van der Waals surface area contributed by atoms with E-state index in [9.17, 15) is 14.4 Å². The lowest BCUT2D eigenvalue weighted by Gasteiger charge is -2.44. The molecule has 3 amide bonds. The Morgan fingerprint density at radius 1 is 1.05 bits per heavy atom. The third-order valence-corrected chi connectivity index (χ3v) is 9.04. The van der Waals surface area contributed by atoms with Gasteiger partial charge in [0.2, 0.25) is 0 Å². The van der Waals surface area contributed by atoms with Crippen LogP contribution in [0.3, 0.4) is 0 Å². The molecule has 44 heavy (non-hydrogen) atoms. The summed E-state index contributed by atoms with van der Waals surface area (Å²) in [6.07, 6.45) is 2.33. The Balaban J connectivity index is 1.16. The normalized spacial score (nSPS) is 18.2. The molecule has 2 fully saturated rings. The average molecular weight is 619 g/mol. The standard InChI is InChI=1S/C32H35ClN6O5/c1-21-18-22(19-25(33)28(21)34)20-27(29(40)38-16-14-37(15-17-38)23-6-10-35-11-7-23)43-31(42)39-12-8-32(9-13-39)24-4-2-3-5-26(24)36-30(41)44-32/h2-7,10-11,18-19,27H,8-9,12-17,20,34H2,1H3,(H,36,41)/t27-/m1/s1. The first-order valence-electron chi connectivity index (χ1n) is 14.8. The van der Waals surface area contributed by atoms with Crippen molar-refractivity contribution >= 4 is 46.8 Å². The number of nitrogen functional groups attached to an aromatic ring is 1. The van der Waals surface area contributed by atoms with E-state index in [1.807, 2.05) is 49.4 Å². The zero-order valence-electron chi connectivity index (χ0n) is 24.5. The van der Waals surface area contributed by atoms with Crippen LogP contribution >= 0.6 is 11.6 Å². The van der Waals surface area contributed by atoms with Gasteiger partial charge in [-0.3, -0.25) is 15.1 Å². The van der Waals surface area contributed by atoms with Crippen LogP contribution in [0.1, 0.15) is 29.5 Å². The van der Waals surface area contributed by atoms with E-state index in [1.165, 1.54) is 0 Å². The highest BCUT2D eigenvalue weighted by Crippen LogP contribution is 2.43. The van der Waals surface area contributed by atoms with Gasteiger partial charge in [0, 0.05) is 82.2 Å². The molecule has 2 aromatic carbocycles. The second-order valence-electron chi connectivity index (χ2n) is 11.4. The predicted molar refractivity (Wildman–Crippen MR) is 167 cm³/mol. The van der Waals surface area contributed by atoms with Crippen molar-refractivity contribution < 1.29 is 23.9 Å². The van der Waals surface area contributed by atoms with Crippen LogP contribution in [0, 0.1) is 6.92 Å². The van der Waals surface area contributed by atoms with Crippen molar-refractivity contribution in [2.45, 2.75) is 37.9 Å². The summed E-state index contributed by atoms with van der Waals surface area (Å²) in [5, 5.41) is 3.14. The number of piperidine rings is 1. The number of nitrogens with zero attached hydrogens (tertiary/aromatic N) is 4. The Labute approximate surface area is 260 Å². The van der Waals surface area contributed by atoms with Crippen LogP contribution in [0.2, 0.25) is 5.02 Å². The summed E-state index contributed by atoms with van der Waals surface area (Å²) >= 11 is 6.36. The molecule has 2 saturated heterocycles. The molecular formula is C32H35ClN6O5. The maximum atomic E-state index is 13.9. The van der Waals surface area contributed by atoms with E-state index in [1.54, 1.807) is 28.3 Å². The maximum absolute atomic E-state index is 13.9. The number of halogens is 1. The van der Waals surface area contributed by atoms with E-state index >= 15 is 0 Å². The third kappa shape index (κ3) is 5.96. The summed E-state index contributed by atoms with van der Waals surface area (Å²) in [5.74, 6) is -0.256. The minimum absolute atomic E-state index is 0.157. The van der Waals surface area contributed by atoms with E-state index in [4.69, 9.17) is 26.8 Å². The molecule has 1 aromatic heterocycles. The molecule has 0 saturated carbocycles. The number of aryl methyl sites for hydroxylation is 1. The quantitative estimate of drug-likeness (QED) is 0.398. The summed E-state index contributed by atoms with van der Waals surface area (Å²) in [4.78, 5) is 49.4. The first-order valence-corrected chi connectivity index (χ1v) is 15.1. The topological polar surface area (TPSA) is 130 Å². The Morgan fingerprint density at radius 3 is 2.45 bits per heavy atom. The van der Waals surface area contributed by atoms with Crippen LogP contribution in [0.4, 0.5) is 26.7 Å². The number of para-hydroxylation sites is 1. The van der Waals surface area contributed by atoms with Gasteiger partial charge in [-0.25, -0.2) is 9.59 Å². The monoisotopic (exact) mass is 618 g/mol. The molecule has 0 bridgehead atoms. The molecule has 3 aliphatic rings.